The zero-order valence-electron chi connectivity index (χ0n) is 8.07. The van der Waals surface area contributed by atoms with E-state index in [0.29, 0.717) is 6.54 Å². The minimum absolute atomic E-state index is 0.241. The Kier molecular flexibility index (Phi) is 2.64. The van der Waals surface area contributed by atoms with Gasteiger partial charge in [0.15, 0.2) is 5.75 Å². The van der Waals surface area contributed by atoms with Crippen molar-refractivity contribution in [2.24, 2.45) is 0 Å². The monoisotopic (exact) mass is 231 g/mol. The van der Waals surface area contributed by atoms with E-state index in [1.165, 1.54) is 29.5 Å². The number of anilines is 1. The van der Waals surface area contributed by atoms with E-state index in [1.807, 2.05) is 0 Å². The standard InChI is InChI=1S/C10H8F3NO2/c11-10(12,13)16-9-5-2-1-4-8(9)14-6-3-7-15-14/h1-5,7H,6H2. The second kappa shape index (κ2) is 3.96. The largest absolute Gasteiger partial charge is 0.573 e. The van der Waals surface area contributed by atoms with E-state index in [2.05, 4.69) is 4.74 Å². The highest BCUT2D eigenvalue weighted by atomic mass is 19.4. The molecule has 0 aliphatic carbocycles. The molecule has 1 aliphatic heterocycles. The summed E-state index contributed by atoms with van der Waals surface area (Å²) in [6.45, 7) is 0.387. The summed E-state index contributed by atoms with van der Waals surface area (Å²) in [5.41, 5.74) is 0.241. The topological polar surface area (TPSA) is 21.7 Å². The molecule has 0 saturated carbocycles. The normalized spacial score (nSPS) is 15.1. The summed E-state index contributed by atoms with van der Waals surface area (Å²) in [5.74, 6) is -0.279. The molecule has 0 saturated heterocycles. The summed E-state index contributed by atoms with van der Waals surface area (Å²) in [6.07, 6.45) is -1.61. The van der Waals surface area contributed by atoms with Crippen molar-refractivity contribution in [2.45, 2.75) is 6.36 Å². The lowest BCUT2D eigenvalue weighted by atomic mass is 10.3. The number of ether oxygens (including phenoxy) is 1. The van der Waals surface area contributed by atoms with Gasteiger partial charge in [-0.05, 0) is 18.2 Å². The fraction of sp³-hybridized carbons (Fsp3) is 0.200. The van der Waals surface area contributed by atoms with E-state index in [1.54, 1.807) is 12.1 Å². The molecule has 0 spiro atoms. The molecule has 1 heterocycles. The van der Waals surface area contributed by atoms with Crippen LogP contribution in [0.4, 0.5) is 18.9 Å². The second-order valence-corrected chi connectivity index (χ2v) is 3.05. The first kappa shape index (κ1) is 10.7. The first-order valence-corrected chi connectivity index (χ1v) is 4.50. The second-order valence-electron chi connectivity index (χ2n) is 3.05. The van der Waals surface area contributed by atoms with Crippen LogP contribution in [0.25, 0.3) is 0 Å². The van der Waals surface area contributed by atoms with Gasteiger partial charge in [0.05, 0.1) is 6.54 Å². The van der Waals surface area contributed by atoms with Crippen molar-refractivity contribution in [3.63, 3.8) is 0 Å². The molecule has 1 aromatic rings. The smallest absolute Gasteiger partial charge is 0.403 e. The zero-order valence-corrected chi connectivity index (χ0v) is 8.07. The van der Waals surface area contributed by atoms with Crippen LogP contribution in [0, 0.1) is 0 Å². The van der Waals surface area contributed by atoms with Crippen molar-refractivity contribution in [1.29, 1.82) is 0 Å². The molecular weight excluding hydrogens is 223 g/mol. The molecule has 1 aromatic carbocycles. The van der Waals surface area contributed by atoms with Crippen LogP contribution in [0.2, 0.25) is 0 Å². The van der Waals surface area contributed by atoms with Gasteiger partial charge in [-0.2, -0.15) is 0 Å². The Bertz CT molecular complexity index is 395. The number of halogens is 3. The van der Waals surface area contributed by atoms with Crippen LogP contribution in [-0.2, 0) is 4.84 Å². The summed E-state index contributed by atoms with van der Waals surface area (Å²) in [5, 5.41) is 1.31. The van der Waals surface area contributed by atoms with E-state index in [0.717, 1.165) is 0 Å². The van der Waals surface area contributed by atoms with Crippen LogP contribution in [0.3, 0.4) is 0 Å². The predicted molar refractivity (Wildman–Crippen MR) is 50.7 cm³/mol. The van der Waals surface area contributed by atoms with Gasteiger partial charge in [0.2, 0.25) is 0 Å². The number of para-hydroxylation sites is 2. The molecular formula is C10H8F3NO2. The number of alkyl halides is 3. The summed E-state index contributed by atoms with van der Waals surface area (Å²) in [6, 6.07) is 5.81. The third kappa shape index (κ3) is 2.39. The number of nitrogens with zero attached hydrogens (tertiary/aromatic N) is 1. The molecule has 2 rings (SSSR count). The molecule has 0 aromatic heterocycles. The summed E-state index contributed by atoms with van der Waals surface area (Å²) in [7, 11) is 0. The summed E-state index contributed by atoms with van der Waals surface area (Å²) in [4.78, 5) is 5.00. The Balaban J connectivity index is 2.23. The average molecular weight is 231 g/mol. The average Bonchev–Trinajstić information content (AvgIpc) is 2.69. The fourth-order valence-corrected chi connectivity index (χ4v) is 1.33. The predicted octanol–water partition coefficient (Wildman–Crippen LogP) is 2.85. The highest BCUT2D eigenvalue weighted by Gasteiger charge is 2.33. The molecule has 0 N–H and O–H groups in total. The minimum Gasteiger partial charge on any atom is -0.403 e. The number of rotatable bonds is 2. The van der Waals surface area contributed by atoms with Gasteiger partial charge in [0.25, 0.3) is 0 Å². The molecule has 3 nitrogen and oxygen atoms in total. The van der Waals surface area contributed by atoms with E-state index >= 15 is 0 Å². The van der Waals surface area contributed by atoms with Crippen LogP contribution in [0.15, 0.2) is 36.6 Å². The molecule has 86 valence electrons. The Morgan fingerprint density at radius 1 is 1.25 bits per heavy atom. The van der Waals surface area contributed by atoms with Crippen LogP contribution in [-0.4, -0.2) is 12.9 Å². The highest BCUT2D eigenvalue weighted by Crippen LogP contribution is 2.33. The molecule has 0 unspecified atom stereocenters. The number of benzene rings is 1. The third-order valence-electron chi connectivity index (χ3n) is 1.92. The lowest BCUT2D eigenvalue weighted by Gasteiger charge is -2.20. The van der Waals surface area contributed by atoms with Gasteiger partial charge >= 0.3 is 6.36 Å². The molecule has 0 fully saturated rings. The fourth-order valence-electron chi connectivity index (χ4n) is 1.33. The third-order valence-corrected chi connectivity index (χ3v) is 1.92. The minimum atomic E-state index is -4.71. The van der Waals surface area contributed by atoms with Crippen molar-refractivity contribution in [2.75, 3.05) is 11.6 Å². The van der Waals surface area contributed by atoms with E-state index in [9.17, 15) is 13.2 Å². The highest BCUT2D eigenvalue weighted by molar-refractivity contribution is 5.57. The van der Waals surface area contributed by atoms with Crippen molar-refractivity contribution in [3.05, 3.63) is 36.6 Å². The lowest BCUT2D eigenvalue weighted by Crippen LogP contribution is -2.22. The number of hydroxylamine groups is 1. The van der Waals surface area contributed by atoms with Gasteiger partial charge in [-0.3, -0.25) is 0 Å². The molecule has 1 aliphatic rings. The SMILES string of the molecule is FC(F)(F)Oc1ccccc1N1CC=CO1. The van der Waals surface area contributed by atoms with Gasteiger partial charge < -0.3 is 9.57 Å². The quantitative estimate of drug-likeness (QED) is 0.781. The van der Waals surface area contributed by atoms with Crippen molar-refractivity contribution in [3.8, 4) is 5.75 Å². The lowest BCUT2D eigenvalue weighted by molar-refractivity contribution is -0.274. The Hall–Kier alpha value is -1.85. The number of hydrogen-bond donors (Lipinski definition) is 0. The maximum atomic E-state index is 12.1. The van der Waals surface area contributed by atoms with Gasteiger partial charge in [0.1, 0.15) is 11.9 Å². The number of hydrogen-bond acceptors (Lipinski definition) is 3. The molecule has 16 heavy (non-hydrogen) atoms. The Morgan fingerprint density at radius 3 is 2.62 bits per heavy atom. The first-order valence-electron chi connectivity index (χ1n) is 4.50. The van der Waals surface area contributed by atoms with E-state index in [-0.39, 0.29) is 11.4 Å². The molecule has 6 heteroatoms. The Morgan fingerprint density at radius 2 is 2.00 bits per heavy atom. The zero-order chi connectivity index (χ0) is 11.6. The first-order chi connectivity index (χ1) is 7.56. The van der Waals surface area contributed by atoms with Crippen LogP contribution in [0.5, 0.6) is 5.75 Å². The van der Waals surface area contributed by atoms with Crippen LogP contribution < -0.4 is 9.80 Å². The summed E-state index contributed by atoms with van der Waals surface area (Å²) < 4.78 is 40.2. The van der Waals surface area contributed by atoms with Gasteiger partial charge in [-0.1, -0.05) is 12.1 Å². The maximum Gasteiger partial charge on any atom is 0.573 e. The van der Waals surface area contributed by atoms with Crippen LogP contribution >= 0.6 is 0 Å². The van der Waals surface area contributed by atoms with Crippen LogP contribution in [0.1, 0.15) is 0 Å². The Labute approximate surface area is 89.6 Å². The van der Waals surface area contributed by atoms with Crippen molar-refractivity contribution < 1.29 is 22.7 Å². The summed E-state index contributed by atoms with van der Waals surface area (Å²) >= 11 is 0. The molecule has 0 radical (unpaired) electrons. The molecule has 0 atom stereocenters. The van der Waals surface area contributed by atoms with Gasteiger partial charge in [-0.15, -0.1) is 13.2 Å². The van der Waals surface area contributed by atoms with Gasteiger partial charge in [0, 0.05) is 0 Å². The molecule has 0 bridgehead atoms. The van der Waals surface area contributed by atoms with Crippen molar-refractivity contribution >= 4 is 5.69 Å². The van der Waals surface area contributed by atoms with E-state index in [4.69, 9.17) is 4.84 Å². The van der Waals surface area contributed by atoms with Crippen molar-refractivity contribution in [1.82, 2.24) is 0 Å². The van der Waals surface area contributed by atoms with E-state index < -0.39 is 6.36 Å². The maximum absolute atomic E-state index is 12.1. The van der Waals surface area contributed by atoms with Gasteiger partial charge in [-0.25, -0.2) is 5.06 Å². The molecule has 0 amide bonds.